The first kappa shape index (κ1) is 22.1. The van der Waals surface area contributed by atoms with Gasteiger partial charge in [-0.3, -0.25) is 14.4 Å². The van der Waals surface area contributed by atoms with Gasteiger partial charge in [-0.05, 0) is 61.6 Å². The Morgan fingerprint density at radius 3 is 2.31 bits per heavy atom. The van der Waals surface area contributed by atoms with Gasteiger partial charge in [-0.2, -0.15) is 0 Å². The van der Waals surface area contributed by atoms with Crippen molar-refractivity contribution in [3.05, 3.63) is 70.3 Å². The Morgan fingerprint density at radius 1 is 1.00 bits per heavy atom. The van der Waals surface area contributed by atoms with Crippen LogP contribution < -0.4 is 10.6 Å². The molecule has 0 radical (unpaired) electrons. The zero-order valence-electron chi connectivity index (χ0n) is 17.4. The maximum Gasteiger partial charge on any atom is 0.325 e. The smallest absolute Gasteiger partial charge is 0.325 e. The van der Waals surface area contributed by atoms with Crippen molar-refractivity contribution in [2.75, 3.05) is 13.2 Å². The zero-order chi connectivity index (χ0) is 21.4. The second-order valence-electron chi connectivity index (χ2n) is 7.03. The summed E-state index contributed by atoms with van der Waals surface area (Å²) in [4.78, 5) is 35.9. The molecule has 0 fully saturated rings. The summed E-state index contributed by atoms with van der Waals surface area (Å²) in [6.45, 7) is 7.13. The Hall–Kier alpha value is -3.15. The summed E-state index contributed by atoms with van der Waals surface area (Å²) in [7, 11) is 0. The molecule has 0 unspecified atom stereocenters. The predicted octanol–water partition coefficient (Wildman–Crippen LogP) is 3.02. The third kappa shape index (κ3) is 6.75. The Bertz CT molecular complexity index is 875. The van der Waals surface area contributed by atoms with Gasteiger partial charge in [0, 0.05) is 5.56 Å². The van der Waals surface area contributed by atoms with E-state index in [2.05, 4.69) is 17.6 Å². The maximum atomic E-state index is 12.1. The van der Waals surface area contributed by atoms with Gasteiger partial charge in [-0.15, -0.1) is 0 Å². The number of hydrogen-bond donors (Lipinski definition) is 2. The molecule has 6 nitrogen and oxygen atoms in total. The predicted molar refractivity (Wildman–Crippen MR) is 112 cm³/mol. The molecule has 0 bridgehead atoms. The van der Waals surface area contributed by atoms with Crippen LogP contribution in [0.25, 0.3) is 0 Å². The molecule has 154 valence electrons. The van der Waals surface area contributed by atoms with Crippen LogP contribution in [0.5, 0.6) is 0 Å². The van der Waals surface area contributed by atoms with Gasteiger partial charge in [0.05, 0.1) is 6.04 Å². The zero-order valence-corrected chi connectivity index (χ0v) is 17.4. The van der Waals surface area contributed by atoms with Crippen LogP contribution in [0.2, 0.25) is 0 Å². The molecule has 0 aliphatic rings. The number of carbonyl (C=O) groups is 3. The van der Waals surface area contributed by atoms with E-state index >= 15 is 0 Å². The van der Waals surface area contributed by atoms with Gasteiger partial charge in [0.25, 0.3) is 11.8 Å². The van der Waals surface area contributed by atoms with E-state index in [4.69, 9.17) is 4.74 Å². The van der Waals surface area contributed by atoms with E-state index in [-0.39, 0.29) is 18.5 Å². The Labute approximate surface area is 171 Å². The van der Waals surface area contributed by atoms with E-state index in [1.165, 1.54) is 5.56 Å². The van der Waals surface area contributed by atoms with Crippen LogP contribution in [-0.4, -0.2) is 30.9 Å². The lowest BCUT2D eigenvalue weighted by atomic mass is 10.1. The summed E-state index contributed by atoms with van der Waals surface area (Å²) in [6, 6.07) is 13.1. The fourth-order valence-corrected chi connectivity index (χ4v) is 2.74. The summed E-state index contributed by atoms with van der Waals surface area (Å²) < 4.78 is 4.94. The van der Waals surface area contributed by atoms with Gasteiger partial charge in [0.15, 0.2) is 6.61 Å². The van der Waals surface area contributed by atoms with Gasteiger partial charge in [0.1, 0.15) is 6.54 Å². The number of esters is 1. The molecule has 0 saturated heterocycles. The summed E-state index contributed by atoms with van der Waals surface area (Å²) in [6.07, 6.45) is 0.955. The number of carbonyl (C=O) groups excluding carboxylic acids is 3. The van der Waals surface area contributed by atoms with Gasteiger partial charge in [-0.25, -0.2) is 0 Å². The third-order valence-corrected chi connectivity index (χ3v) is 4.79. The van der Waals surface area contributed by atoms with Crippen LogP contribution in [0.1, 0.15) is 52.5 Å². The highest BCUT2D eigenvalue weighted by atomic mass is 16.5. The number of benzene rings is 2. The summed E-state index contributed by atoms with van der Waals surface area (Å²) in [5.74, 6) is -1.43. The Kier molecular flexibility index (Phi) is 7.95. The quantitative estimate of drug-likeness (QED) is 0.672. The molecule has 2 aromatic carbocycles. The monoisotopic (exact) mass is 396 g/mol. The van der Waals surface area contributed by atoms with E-state index in [1.807, 2.05) is 51.1 Å². The van der Waals surface area contributed by atoms with E-state index in [1.54, 1.807) is 12.1 Å². The molecule has 0 aliphatic carbocycles. The van der Waals surface area contributed by atoms with Crippen LogP contribution in [0.4, 0.5) is 0 Å². The molecule has 0 aromatic heterocycles. The molecule has 0 heterocycles. The van der Waals surface area contributed by atoms with Crippen LogP contribution in [0, 0.1) is 13.8 Å². The molecule has 2 N–H and O–H groups in total. The highest BCUT2D eigenvalue weighted by Gasteiger charge is 2.13. The lowest BCUT2D eigenvalue weighted by Gasteiger charge is -2.15. The van der Waals surface area contributed by atoms with Crippen molar-refractivity contribution in [1.29, 1.82) is 0 Å². The van der Waals surface area contributed by atoms with Gasteiger partial charge < -0.3 is 15.4 Å². The molecule has 6 heteroatoms. The first-order chi connectivity index (χ1) is 13.8. The number of aryl methyl sites for hydroxylation is 3. The average Bonchev–Trinajstić information content (AvgIpc) is 2.72. The minimum Gasteiger partial charge on any atom is -0.454 e. The van der Waals surface area contributed by atoms with E-state index in [9.17, 15) is 14.4 Å². The average molecular weight is 396 g/mol. The highest BCUT2D eigenvalue weighted by Crippen LogP contribution is 2.13. The largest absolute Gasteiger partial charge is 0.454 e. The van der Waals surface area contributed by atoms with Crippen molar-refractivity contribution in [2.24, 2.45) is 0 Å². The second kappa shape index (κ2) is 10.4. The lowest BCUT2D eigenvalue weighted by Crippen LogP contribution is -2.34. The third-order valence-electron chi connectivity index (χ3n) is 4.79. The van der Waals surface area contributed by atoms with E-state index in [0.717, 1.165) is 23.1 Å². The van der Waals surface area contributed by atoms with Crippen molar-refractivity contribution in [1.82, 2.24) is 10.6 Å². The topological polar surface area (TPSA) is 84.5 Å². The van der Waals surface area contributed by atoms with Gasteiger partial charge in [0.2, 0.25) is 0 Å². The fraction of sp³-hybridized carbons (Fsp3) is 0.348. The summed E-state index contributed by atoms with van der Waals surface area (Å²) >= 11 is 0. The van der Waals surface area contributed by atoms with Crippen molar-refractivity contribution in [2.45, 2.75) is 40.2 Å². The van der Waals surface area contributed by atoms with E-state index < -0.39 is 18.5 Å². The van der Waals surface area contributed by atoms with Crippen molar-refractivity contribution in [3.63, 3.8) is 0 Å². The minimum absolute atomic E-state index is 0.198. The Morgan fingerprint density at radius 2 is 1.69 bits per heavy atom. The molecule has 1 atom stereocenters. The minimum atomic E-state index is -0.669. The van der Waals surface area contributed by atoms with Crippen molar-refractivity contribution < 1.29 is 19.1 Å². The van der Waals surface area contributed by atoms with Crippen molar-refractivity contribution in [3.8, 4) is 0 Å². The SMILES string of the molecule is CCc1ccc([C@H](C)NC(=O)COC(=O)CNC(=O)c2ccc(C)c(C)c2)cc1. The maximum absolute atomic E-state index is 12.1. The molecule has 0 spiro atoms. The molecule has 0 aliphatic heterocycles. The van der Waals surface area contributed by atoms with E-state index in [0.29, 0.717) is 5.56 Å². The molecular weight excluding hydrogens is 368 g/mol. The Balaban J connectivity index is 1.74. The van der Waals surface area contributed by atoms with Gasteiger partial charge >= 0.3 is 5.97 Å². The van der Waals surface area contributed by atoms with Gasteiger partial charge in [-0.1, -0.05) is 37.3 Å². The molecular formula is C23H28N2O4. The first-order valence-corrected chi connectivity index (χ1v) is 9.69. The van der Waals surface area contributed by atoms with Crippen LogP contribution in [-0.2, 0) is 20.7 Å². The number of amides is 2. The summed E-state index contributed by atoms with van der Waals surface area (Å²) in [5, 5.41) is 5.29. The second-order valence-corrected chi connectivity index (χ2v) is 7.03. The van der Waals surface area contributed by atoms with Crippen LogP contribution in [0.3, 0.4) is 0 Å². The molecule has 2 aromatic rings. The normalized spacial score (nSPS) is 11.4. The lowest BCUT2D eigenvalue weighted by molar-refractivity contribution is -0.147. The highest BCUT2D eigenvalue weighted by molar-refractivity contribution is 5.96. The fourth-order valence-electron chi connectivity index (χ4n) is 2.74. The molecule has 29 heavy (non-hydrogen) atoms. The number of hydrogen-bond acceptors (Lipinski definition) is 4. The molecule has 2 rings (SSSR count). The molecule has 0 saturated carbocycles. The summed E-state index contributed by atoms with van der Waals surface area (Å²) in [5.41, 5.74) is 4.76. The van der Waals surface area contributed by atoms with Crippen LogP contribution >= 0.6 is 0 Å². The standard InChI is InChI=1S/C23H28N2O4/c1-5-18-7-10-19(11-8-18)17(4)25-21(26)14-29-22(27)13-24-23(28)20-9-6-15(2)16(3)12-20/h6-12,17H,5,13-14H2,1-4H3,(H,24,28)(H,25,26)/t17-/m0/s1. The first-order valence-electron chi connectivity index (χ1n) is 9.69. The molecule has 2 amide bonds. The van der Waals surface area contributed by atoms with Crippen molar-refractivity contribution >= 4 is 17.8 Å². The number of ether oxygens (including phenoxy) is 1. The van der Waals surface area contributed by atoms with Crippen LogP contribution in [0.15, 0.2) is 42.5 Å². The number of nitrogens with one attached hydrogen (secondary N) is 2. The number of rotatable bonds is 8.